The van der Waals surface area contributed by atoms with Crippen LogP contribution in [0.5, 0.6) is 5.75 Å². The van der Waals surface area contributed by atoms with Crippen LogP contribution in [0.15, 0.2) is 101 Å². The molecule has 3 aliphatic rings. The van der Waals surface area contributed by atoms with Crippen LogP contribution < -0.4 is 4.74 Å². The van der Waals surface area contributed by atoms with Crippen LogP contribution in [0.25, 0.3) is 17.2 Å². The van der Waals surface area contributed by atoms with Gasteiger partial charge in [0.1, 0.15) is 5.75 Å². The van der Waals surface area contributed by atoms with Crippen molar-refractivity contribution in [2.75, 3.05) is 0 Å². The van der Waals surface area contributed by atoms with Crippen LogP contribution in [0.4, 0.5) is 0 Å². The minimum atomic E-state index is -0.588. The number of benzene rings is 4. The monoisotopic (exact) mass is 402 g/mol. The summed E-state index contributed by atoms with van der Waals surface area (Å²) in [6.07, 6.45) is 5.43. The van der Waals surface area contributed by atoms with E-state index >= 15 is 0 Å². The van der Waals surface area contributed by atoms with Crippen molar-refractivity contribution in [3.63, 3.8) is 0 Å². The molecule has 2 aliphatic heterocycles. The summed E-state index contributed by atoms with van der Waals surface area (Å²) in [5, 5.41) is 0. The fourth-order valence-corrected chi connectivity index (χ4v) is 6.32. The SMILES string of the molecule is C1=CC2(Oc3c1ccc1c3Cc3ccccc3-1)c1ccccc1Sc1ccccc12. The lowest BCUT2D eigenvalue weighted by Gasteiger charge is -2.41. The van der Waals surface area contributed by atoms with Gasteiger partial charge in [0.05, 0.1) is 0 Å². The summed E-state index contributed by atoms with van der Waals surface area (Å²) in [4.78, 5) is 2.53. The molecular weight excluding hydrogens is 384 g/mol. The van der Waals surface area contributed by atoms with Gasteiger partial charge in [0.25, 0.3) is 0 Å². The molecule has 2 heterocycles. The second-order valence-corrected chi connectivity index (χ2v) is 9.19. The molecule has 0 aromatic heterocycles. The van der Waals surface area contributed by atoms with Crippen LogP contribution in [-0.4, -0.2) is 0 Å². The Hall–Kier alpha value is -3.23. The standard InChI is InChI=1S/C28H18OS/c1-2-8-20-19(7-1)17-22-21(20)14-13-18-15-16-28(29-27(18)22)23-9-3-5-11-25(23)30-26-12-6-4-10-24(26)28/h1-16H,17H2. The molecule has 1 nitrogen and oxygen atoms in total. The zero-order chi connectivity index (χ0) is 19.7. The van der Waals surface area contributed by atoms with Crippen LogP contribution >= 0.6 is 11.8 Å². The van der Waals surface area contributed by atoms with E-state index in [1.807, 2.05) is 11.8 Å². The third-order valence-electron chi connectivity index (χ3n) is 6.52. The van der Waals surface area contributed by atoms with Gasteiger partial charge in [-0.3, -0.25) is 0 Å². The summed E-state index contributed by atoms with van der Waals surface area (Å²) in [5.41, 5.74) is 8.37. The fourth-order valence-electron chi connectivity index (χ4n) is 5.13. The summed E-state index contributed by atoms with van der Waals surface area (Å²) in [6, 6.07) is 30.5. The predicted octanol–water partition coefficient (Wildman–Crippen LogP) is 7.07. The summed E-state index contributed by atoms with van der Waals surface area (Å²) in [5.74, 6) is 1.03. The van der Waals surface area contributed by atoms with Gasteiger partial charge in [0, 0.05) is 38.5 Å². The number of hydrogen-bond donors (Lipinski definition) is 0. The molecule has 1 spiro atoms. The van der Waals surface area contributed by atoms with E-state index in [2.05, 4.69) is 97.1 Å². The predicted molar refractivity (Wildman–Crippen MR) is 122 cm³/mol. The van der Waals surface area contributed by atoms with E-state index in [1.54, 1.807) is 0 Å². The molecule has 0 unspecified atom stereocenters. The Kier molecular flexibility index (Phi) is 3.26. The topological polar surface area (TPSA) is 9.23 Å². The van der Waals surface area contributed by atoms with Gasteiger partial charge >= 0.3 is 0 Å². The highest BCUT2D eigenvalue weighted by atomic mass is 32.2. The highest BCUT2D eigenvalue weighted by Gasteiger charge is 2.44. The summed E-state index contributed by atoms with van der Waals surface area (Å²) >= 11 is 1.83. The lowest BCUT2D eigenvalue weighted by atomic mass is 9.82. The average Bonchev–Trinajstić information content (AvgIpc) is 3.19. The molecule has 0 bridgehead atoms. The van der Waals surface area contributed by atoms with Crippen molar-refractivity contribution < 1.29 is 4.74 Å². The third kappa shape index (κ3) is 2.09. The minimum absolute atomic E-state index is 0.588. The molecule has 0 saturated heterocycles. The summed E-state index contributed by atoms with van der Waals surface area (Å²) < 4.78 is 7.09. The number of rotatable bonds is 0. The highest BCUT2D eigenvalue weighted by molar-refractivity contribution is 7.99. The Morgan fingerprint density at radius 3 is 2.20 bits per heavy atom. The van der Waals surface area contributed by atoms with Crippen LogP contribution in [0.3, 0.4) is 0 Å². The van der Waals surface area contributed by atoms with Crippen LogP contribution in [0.2, 0.25) is 0 Å². The zero-order valence-electron chi connectivity index (χ0n) is 16.3. The quantitative estimate of drug-likeness (QED) is 0.274. The first-order valence-electron chi connectivity index (χ1n) is 10.3. The molecule has 0 atom stereocenters. The highest BCUT2D eigenvalue weighted by Crippen LogP contribution is 2.54. The zero-order valence-corrected chi connectivity index (χ0v) is 17.1. The number of ether oxygens (including phenoxy) is 1. The van der Waals surface area contributed by atoms with E-state index in [4.69, 9.17) is 4.74 Å². The second-order valence-electron chi connectivity index (χ2n) is 8.11. The van der Waals surface area contributed by atoms with Gasteiger partial charge in [-0.2, -0.15) is 0 Å². The molecule has 7 rings (SSSR count). The van der Waals surface area contributed by atoms with E-state index in [9.17, 15) is 0 Å². The molecule has 4 aromatic carbocycles. The van der Waals surface area contributed by atoms with Gasteiger partial charge in [0.15, 0.2) is 5.60 Å². The van der Waals surface area contributed by atoms with Crippen molar-refractivity contribution in [1.82, 2.24) is 0 Å². The van der Waals surface area contributed by atoms with Gasteiger partial charge in [-0.25, -0.2) is 0 Å². The molecule has 142 valence electrons. The first-order chi connectivity index (χ1) is 14.8. The molecule has 1 aliphatic carbocycles. The van der Waals surface area contributed by atoms with E-state index < -0.39 is 5.60 Å². The Morgan fingerprint density at radius 2 is 1.40 bits per heavy atom. The van der Waals surface area contributed by atoms with E-state index in [0.717, 1.165) is 12.2 Å². The summed E-state index contributed by atoms with van der Waals surface area (Å²) in [6.45, 7) is 0. The minimum Gasteiger partial charge on any atom is -0.473 e. The van der Waals surface area contributed by atoms with Crippen molar-refractivity contribution in [2.24, 2.45) is 0 Å². The smallest absolute Gasteiger partial charge is 0.180 e. The maximum Gasteiger partial charge on any atom is 0.180 e. The summed E-state index contributed by atoms with van der Waals surface area (Å²) in [7, 11) is 0. The van der Waals surface area contributed by atoms with Crippen molar-refractivity contribution in [3.8, 4) is 16.9 Å². The molecule has 2 heteroatoms. The number of fused-ring (bicyclic) bond motifs is 9. The maximum absolute atomic E-state index is 7.09. The Balaban J connectivity index is 1.48. The van der Waals surface area contributed by atoms with Gasteiger partial charge < -0.3 is 4.74 Å². The Morgan fingerprint density at radius 1 is 0.700 bits per heavy atom. The molecule has 4 aromatic rings. The molecule has 0 saturated carbocycles. The number of hydrogen-bond acceptors (Lipinski definition) is 2. The lowest BCUT2D eigenvalue weighted by molar-refractivity contribution is 0.152. The van der Waals surface area contributed by atoms with Crippen molar-refractivity contribution >= 4 is 17.8 Å². The molecule has 30 heavy (non-hydrogen) atoms. The second kappa shape index (κ2) is 5.90. The molecule has 0 N–H and O–H groups in total. The van der Waals surface area contributed by atoms with Gasteiger partial charge in [-0.1, -0.05) is 90.6 Å². The lowest BCUT2D eigenvalue weighted by Crippen LogP contribution is -2.37. The third-order valence-corrected chi connectivity index (χ3v) is 7.67. The van der Waals surface area contributed by atoms with Gasteiger partial charge in [0.2, 0.25) is 0 Å². The van der Waals surface area contributed by atoms with Crippen LogP contribution in [0, 0.1) is 0 Å². The molecule has 0 amide bonds. The van der Waals surface area contributed by atoms with Crippen molar-refractivity contribution in [1.29, 1.82) is 0 Å². The fraction of sp³-hybridized carbons (Fsp3) is 0.0714. The van der Waals surface area contributed by atoms with Crippen molar-refractivity contribution in [2.45, 2.75) is 21.8 Å². The van der Waals surface area contributed by atoms with E-state index in [0.29, 0.717) is 0 Å². The van der Waals surface area contributed by atoms with Gasteiger partial charge in [-0.15, -0.1) is 0 Å². The van der Waals surface area contributed by atoms with E-state index in [-0.39, 0.29) is 0 Å². The van der Waals surface area contributed by atoms with Crippen LogP contribution in [0.1, 0.15) is 27.8 Å². The van der Waals surface area contributed by atoms with Crippen molar-refractivity contribution in [3.05, 3.63) is 119 Å². The maximum atomic E-state index is 7.09. The first kappa shape index (κ1) is 16.6. The van der Waals surface area contributed by atoms with Crippen LogP contribution in [-0.2, 0) is 12.0 Å². The largest absolute Gasteiger partial charge is 0.473 e. The normalized spacial score (nSPS) is 16.1. The Bertz CT molecular complexity index is 1340. The first-order valence-corrected chi connectivity index (χ1v) is 11.1. The molecule has 0 radical (unpaired) electrons. The Labute approximate surface area is 180 Å². The van der Waals surface area contributed by atoms with Gasteiger partial charge in [-0.05, 0) is 34.9 Å². The molecular formula is C28H18OS. The van der Waals surface area contributed by atoms with E-state index in [1.165, 1.54) is 48.7 Å². The molecule has 0 fully saturated rings. The average molecular weight is 403 g/mol.